The number of nitro groups is 1. The van der Waals surface area contributed by atoms with E-state index < -0.39 is 4.92 Å². The highest BCUT2D eigenvalue weighted by atomic mass is 16.6. The summed E-state index contributed by atoms with van der Waals surface area (Å²) < 4.78 is 15.3. The lowest BCUT2D eigenvalue weighted by atomic mass is 10.1. The van der Waals surface area contributed by atoms with Crippen molar-refractivity contribution < 1.29 is 14.4 Å². The van der Waals surface area contributed by atoms with Gasteiger partial charge >= 0.3 is 0 Å². The molecule has 1 aromatic heterocycles. The van der Waals surface area contributed by atoms with Gasteiger partial charge in [0, 0.05) is 35.3 Å². The number of imidazole rings is 1. The summed E-state index contributed by atoms with van der Waals surface area (Å²) in [7, 11) is 3.21. The molecule has 1 heterocycles. The number of nitrogens with zero attached hydrogens (tertiary/aromatic N) is 6. The minimum absolute atomic E-state index is 0.00721. The predicted octanol–water partition coefficient (Wildman–Crippen LogP) is 5.48. The monoisotopic (exact) mass is 454 g/mol. The topological polar surface area (TPSA) is 109 Å². The molecule has 3 aromatic rings. The first-order chi connectivity index (χ1) is 15.4. The second-order valence-corrected chi connectivity index (χ2v) is 9.57. The van der Waals surface area contributed by atoms with Crippen molar-refractivity contribution in [2.24, 2.45) is 15.4 Å². The highest BCUT2D eigenvalue weighted by molar-refractivity contribution is 5.81. The average molecular weight is 455 g/mol. The van der Waals surface area contributed by atoms with Crippen LogP contribution in [0.4, 0.5) is 11.4 Å². The third-order valence-corrected chi connectivity index (χ3v) is 5.06. The van der Waals surface area contributed by atoms with Gasteiger partial charge in [-0.1, -0.05) is 5.10 Å². The minimum Gasteiger partial charge on any atom is -0.493 e. The van der Waals surface area contributed by atoms with Gasteiger partial charge in [-0.25, -0.2) is 0 Å². The lowest BCUT2D eigenvalue weighted by Gasteiger charge is -2.24. The SMILES string of the molecule is COc1cc2c(cc1OC)n(C(C)(C)C)c(=NN=Nc1ccc([N+](=O)[O-])cc1)n2C(C)(C)C. The lowest BCUT2D eigenvalue weighted by Crippen LogP contribution is -2.40. The van der Waals surface area contributed by atoms with E-state index in [2.05, 4.69) is 66.1 Å². The summed E-state index contributed by atoms with van der Waals surface area (Å²) >= 11 is 0. The van der Waals surface area contributed by atoms with Crippen LogP contribution in [0, 0.1) is 10.1 Å². The van der Waals surface area contributed by atoms with E-state index in [4.69, 9.17) is 9.47 Å². The normalized spacial score (nSPS) is 12.4. The molecule has 0 N–H and O–H groups in total. The van der Waals surface area contributed by atoms with Crippen LogP contribution in [0.3, 0.4) is 0 Å². The first-order valence-electron chi connectivity index (χ1n) is 10.5. The summed E-state index contributed by atoms with van der Waals surface area (Å²) in [5.74, 6) is 1.24. The second-order valence-electron chi connectivity index (χ2n) is 9.57. The fraction of sp³-hybridized carbons (Fsp3) is 0.435. The number of aromatic nitrogens is 2. The van der Waals surface area contributed by atoms with Gasteiger partial charge in [-0.2, -0.15) is 0 Å². The molecule has 0 fully saturated rings. The van der Waals surface area contributed by atoms with Crippen molar-refractivity contribution in [3.8, 4) is 11.5 Å². The summed E-state index contributed by atoms with van der Waals surface area (Å²) in [5.41, 5.74) is 2.22. The molecule has 0 atom stereocenters. The number of hydrogen-bond acceptors (Lipinski definition) is 6. The highest BCUT2D eigenvalue weighted by Gasteiger charge is 2.28. The molecule has 0 spiro atoms. The zero-order valence-corrected chi connectivity index (χ0v) is 20.3. The second kappa shape index (κ2) is 8.68. The van der Waals surface area contributed by atoms with Crippen LogP contribution in [-0.2, 0) is 11.1 Å². The molecule has 33 heavy (non-hydrogen) atoms. The van der Waals surface area contributed by atoms with Crippen LogP contribution in [0.25, 0.3) is 11.0 Å². The number of nitro benzene ring substituents is 1. The molecule has 0 bridgehead atoms. The number of hydrogen-bond donors (Lipinski definition) is 0. The third kappa shape index (κ3) is 4.74. The van der Waals surface area contributed by atoms with Crippen molar-refractivity contribution in [2.75, 3.05) is 14.2 Å². The largest absolute Gasteiger partial charge is 0.493 e. The predicted molar refractivity (Wildman–Crippen MR) is 126 cm³/mol. The molecule has 0 aliphatic carbocycles. The van der Waals surface area contributed by atoms with Gasteiger partial charge in [0.15, 0.2) is 11.5 Å². The molecule has 0 unspecified atom stereocenters. The Bertz CT molecular complexity index is 1210. The Hall–Kier alpha value is -3.69. The summed E-state index contributed by atoms with van der Waals surface area (Å²) in [6, 6.07) is 9.71. The van der Waals surface area contributed by atoms with Gasteiger partial charge in [0.05, 0.1) is 35.9 Å². The third-order valence-electron chi connectivity index (χ3n) is 5.06. The number of ether oxygens (including phenoxy) is 2. The van der Waals surface area contributed by atoms with E-state index in [1.165, 1.54) is 24.3 Å². The summed E-state index contributed by atoms with van der Waals surface area (Å²) in [4.78, 5) is 10.4. The molecule has 2 aromatic carbocycles. The number of non-ortho nitro benzene ring substituents is 1. The van der Waals surface area contributed by atoms with E-state index in [-0.39, 0.29) is 16.8 Å². The number of methoxy groups -OCH3 is 2. The molecule has 0 saturated carbocycles. The molecule has 10 nitrogen and oxygen atoms in total. The molecule has 0 aliphatic rings. The molecule has 0 amide bonds. The zero-order chi connectivity index (χ0) is 24.6. The van der Waals surface area contributed by atoms with E-state index in [0.717, 1.165) is 11.0 Å². The molecule has 0 aliphatic heterocycles. The molecule has 0 radical (unpaired) electrons. The lowest BCUT2D eigenvalue weighted by molar-refractivity contribution is -0.384. The van der Waals surface area contributed by atoms with Crippen LogP contribution >= 0.6 is 0 Å². The molecule has 3 rings (SSSR count). The van der Waals surface area contributed by atoms with Crippen LogP contribution in [0.5, 0.6) is 11.5 Å². The van der Waals surface area contributed by atoms with Gasteiger partial charge in [-0.05, 0) is 58.9 Å². The van der Waals surface area contributed by atoms with Crippen LogP contribution in [0.2, 0.25) is 0 Å². The van der Waals surface area contributed by atoms with Crippen LogP contribution in [-0.4, -0.2) is 28.3 Å². The van der Waals surface area contributed by atoms with E-state index in [0.29, 0.717) is 22.8 Å². The quantitative estimate of drug-likeness (QED) is 0.289. The number of fused-ring (bicyclic) bond motifs is 1. The Balaban J connectivity index is 2.31. The van der Waals surface area contributed by atoms with Crippen LogP contribution in [0.15, 0.2) is 51.8 Å². The summed E-state index contributed by atoms with van der Waals surface area (Å²) in [5, 5.41) is 23.6. The molecular formula is C23H30N6O4. The summed E-state index contributed by atoms with van der Waals surface area (Å²) in [6.45, 7) is 12.5. The fourth-order valence-corrected chi connectivity index (χ4v) is 3.70. The number of rotatable bonds is 5. The first-order valence-corrected chi connectivity index (χ1v) is 10.5. The Morgan fingerprint density at radius 2 is 1.30 bits per heavy atom. The molecular weight excluding hydrogens is 424 g/mol. The van der Waals surface area contributed by atoms with Crippen molar-refractivity contribution in [2.45, 2.75) is 52.6 Å². The van der Waals surface area contributed by atoms with E-state index in [1.54, 1.807) is 14.2 Å². The maximum atomic E-state index is 10.9. The van der Waals surface area contributed by atoms with Gasteiger partial charge in [-0.15, -0.1) is 5.11 Å². The standard InChI is InChI=1S/C23H30N6O4/c1-22(2,3)27-17-13-19(32-7)20(33-8)14-18(17)28(23(4,5)6)21(27)25-26-24-15-9-11-16(12-10-15)29(30)31/h9-14H,1-8H3. The van der Waals surface area contributed by atoms with Crippen molar-refractivity contribution in [3.63, 3.8) is 0 Å². The van der Waals surface area contributed by atoms with Gasteiger partial charge in [0.2, 0.25) is 5.62 Å². The average Bonchev–Trinajstić information content (AvgIpc) is 3.06. The molecule has 10 heteroatoms. The Morgan fingerprint density at radius 1 is 0.848 bits per heavy atom. The van der Waals surface area contributed by atoms with E-state index >= 15 is 0 Å². The number of benzene rings is 2. The smallest absolute Gasteiger partial charge is 0.269 e. The van der Waals surface area contributed by atoms with Gasteiger partial charge in [0.1, 0.15) is 0 Å². The molecule has 176 valence electrons. The van der Waals surface area contributed by atoms with E-state index in [1.807, 2.05) is 12.1 Å². The van der Waals surface area contributed by atoms with Crippen LogP contribution in [0.1, 0.15) is 41.5 Å². The van der Waals surface area contributed by atoms with Crippen molar-refractivity contribution in [1.29, 1.82) is 0 Å². The summed E-state index contributed by atoms with van der Waals surface area (Å²) in [6.07, 6.45) is 0. The first kappa shape index (κ1) is 24.0. The van der Waals surface area contributed by atoms with Gasteiger partial charge in [-0.3, -0.25) is 10.1 Å². The molecule has 0 saturated heterocycles. The maximum absolute atomic E-state index is 10.9. The Labute approximate surface area is 192 Å². The van der Waals surface area contributed by atoms with Gasteiger partial charge < -0.3 is 18.6 Å². The van der Waals surface area contributed by atoms with E-state index in [9.17, 15) is 10.1 Å². The zero-order valence-electron chi connectivity index (χ0n) is 20.3. The fourth-order valence-electron chi connectivity index (χ4n) is 3.70. The Morgan fingerprint density at radius 3 is 1.67 bits per heavy atom. The minimum atomic E-state index is -0.456. The van der Waals surface area contributed by atoms with Crippen LogP contribution < -0.4 is 15.1 Å². The van der Waals surface area contributed by atoms with Crippen molar-refractivity contribution in [1.82, 2.24) is 9.13 Å². The van der Waals surface area contributed by atoms with Crippen molar-refractivity contribution in [3.05, 3.63) is 52.1 Å². The van der Waals surface area contributed by atoms with Crippen molar-refractivity contribution >= 4 is 22.4 Å². The maximum Gasteiger partial charge on any atom is 0.269 e. The van der Waals surface area contributed by atoms with Gasteiger partial charge in [0.25, 0.3) is 5.69 Å². The highest BCUT2D eigenvalue weighted by Crippen LogP contribution is 2.35. The Kier molecular flexibility index (Phi) is 6.31.